The number of hydrogen-bond donors (Lipinski definition) is 1. The lowest BCUT2D eigenvalue weighted by molar-refractivity contribution is -0.140. The van der Waals surface area contributed by atoms with Crippen LogP contribution in [0.1, 0.15) is 58.8 Å². The van der Waals surface area contributed by atoms with Crippen LogP contribution in [0.3, 0.4) is 0 Å². The van der Waals surface area contributed by atoms with Crippen LogP contribution in [0.2, 0.25) is 0 Å². The van der Waals surface area contributed by atoms with Gasteiger partial charge in [0.05, 0.1) is 0 Å². The first-order chi connectivity index (χ1) is 9.58. The zero-order valence-electron chi connectivity index (χ0n) is 13.2. The van der Waals surface area contributed by atoms with Crippen molar-refractivity contribution < 1.29 is 4.79 Å². The Balaban J connectivity index is 1.62. The van der Waals surface area contributed by atoms with E-state index in [0.29, 0.717) is 17.9 Å². The molecule has 3 nitrogen and oxygen atoms in total. The molecule has 0 bridgehead atoms. The molecule has 0 radical (unpaired) electrons. The van der Waals surface area contributed by atoms with Gasteiger partial charge in [-0.25, -0.2) is 0 Å². The summed E-state index contributed by atoms with van der Waals surface area (Å²) in [7, 11) is 0. The fraction of sp³-hybridized carbons (Fsp3) is 0.941. The average Bonchev–Trinajstić information content (AvgIpc) is 3.07. The maximum Gasteiger partial charge on any atom is 0.226 e. The number of piperidine rings is 1. The first-order valence-corrected chi connectivity index (χ1v) is 8.60. The van der Waals surface area contributed by atoms with Gasteiger partial charge in [-0.05, 0) is 56.4 Å². The van der Waals surface area contributed by atoms with E-state index >= 15 is 0 Å². The van der Waals surface area contributed by atoms with E-state index in [9.17, 15) is 4.79 Å². The van der Waals surface area contributed by atoms with Crippen LogP contribution in [0, 0.1) is 17.3 Å². The van der Waals surface area contributed by atoms with Gasteiger partial charge in [0, 0.05) is 25.0 Å². The molecule has 1 amide bonds. The zero-order valence-corrected chi connectivity index (χ0v) is 13.2. The summed E-state index contributed by atoms with van der Waals surface area (Å²) in [6, 6.07) is 0.669. The fourth-order valence-corrected chi connectivity index (χ4v) is 4.66. The monoisotopic (exact) mass is 278 g/mol. The van der Waals surface area contributed by atoms with Crippen molar-refractivity contribution in [3.05, 3.63) is 0 Å². The molecule has 114 valence electrons. The highest BCUT2D eigenvalue weighted by atomic mass is 16.2. The minimum atomic E-state index is 0.218. The van der Waals surface area contributed by atoms with Crippen molar-refractivity contribution in [3.8, 4) is 0 Å². The molecule has 0 aromatic rings. The highest BCUT2D eigenvalue weighted by Crippen LogP contribution is 2.44. The summed E-state index contributed by atoms with van der Waals surface area (Å²) in [4.78, 5) is 15.1. The zero-order chi connectivity index (χ0) is 14.2. The number of amides is 1. The molecule has 1 saturated carbocycles. The van der Waals surface area contributed by atoms with E-state index in [4.69, 9.17) is 0 Å². The molecule has 3 atom stereocenters. The number of carbonyl (C=O) groups is 1. The van der Waals surface area contributed by atoms with Gasteiger partial charge in [0.15, 0.2) is 0 Å². The molecule has 0 aromatic heterocycles. The average molecular weight is 278 g/mol. The molecule has 1 N–H and O–H groups in total. The van der Waals surface area contributed by atoms with Crippen molar-refractivity contribution in [3.63, 3.8) is 0 Å². The van der Waals surface area contributed by atoms with Crippen LogP contribution >= 0.6 is 0 Å². The second kappa shape index (κ2) is 5.67. The van der Waals surface area contributed by atoms with Gasteiger partial charge in [0.25, 0.3) is 0 Å². The van der Waals surface area contributed by atoms with Gasteiger partial charge < -0.3 is 10.2 Å². The van der Waals surface area contributed by atoms with E-state index in [-0.39, 0.29) is 11.3 Å². The number of carbonyl (C=O) groups excluding carboxylic acids is 1. The predicted molar refractivity (Wildman–Crippen MR) is 81.5 cm³/mol. The molecule has 20 heavy (non-hydrogen) atoms. The number of hydrogen-bond acceptors (Lipinski definition) is 2. The quantitative estimate of drug-likeness (QED) is 0.842. The Hall–Kier alpha value is -0.570. The molecule has 2 heterocycles. The van der Waals surface area contributed by atoms with Gasteiger partial charge in [0.1, 0.15) is 0 Å². The normalized spacial score (nSPS) is 37.3. The van der Waals surface area contributed by atoms with E-state index in [1.54, 1.807) is 0 Å². The highest BCUT2D eigenvalue weighted by molar-refractivity contribution is 5.80. The third kappa shape index (κ3) is 2.74. The fourth-order valence-electron chi connectivity index (χ4n) is 4.66. The molecule has 2 aliphatic heterocycles. The van der Waals surface area contributed by atoms with Crippen molar-refractivity contribution in [2.45, 2.75) is 64.8 Å². The number of likely N-dealkylation sites (tertiary alicyclic amines) is 1. The lowest BCUT2D eigenvalue weighted by Gasteiger charge is -2.39. The summed E-state index contributed by atoms with van der Waals surface area (Å²) in [5.74, 6) is 1.42. The molecular weight excluding hydrogens is 248 g/mol. The van der Waals surface area contributed by atoms with Gasteiger partial charge in [0.2, 0.25) is 5.91 Å². The summed E-state index contributed by atoms with van der Waals surface area (Å²) in [6.45, 7) is 7.73. The Morgan fingerprint density at radius 2 is 2.00 bits per heavy atom. The molecule has 3 rings (SSSR count). The van der Waals surface area contributed by atoms with Crippen LogP contribution in [0.15, 0.2) is 0 Å². The Bertz CT molecular complexity index is 360. The lowest BCUT2D eigenvalue weighted by Crippen LogP contribution is -2.48. The second-order valence-corrected chi connectivity index (χ2v) is 7.82. The number of nitrogens with zero attached hydrogens (tertiary/aromatic N) is 1. The van der Waals surface area contributed by atoms with Crippen LogP contribution in [-0.4, -0.2) is 36.5 Å². The van der Waals surface area contributed by atoms with E-state index in [2.05, 4.69) is 24.1 Å². The summed E-state index contributed by atoms with van der Waals surface area (Å²) >= 11 is 0. The van der Waals surface area contributed by atoms with Gasteiger partial charge >= 0.3 is 0 Å². The Kier molecular flexibility index (Phi) is 4.07. The van der Waals surface area contributed by atoms with Gasteiger partial charge in [-0.15, -0.1) is 0 Å². The van der Waals surface area contributed by atoms with Crippen molar-refractivity contribution in [1.82, 2.24) is 10.2 Å². The van der Waals surface area contributed by atoms with E-state index in [0.717, 1.165) is 19.5 Å². The molecule has 2 saturated heterocycles. The van der Waals surface area contributed by atoms with Crippen LogP contribution in [0.5, 0.6) is 0 Å². The standard InChI is InChI=1S/C17H30N2O/c1-17(2)9-3-7-14(17)16(20)19-11-5-6-13(12-19)15-8-4-10-18-15/h13-15,18H,3-12H2,1-2H3. The smallest absolute Gasteiger partial charge is 0.226 e. The molecule has 3 heteroatoms. The molecule has 3 aliphatic rings. The minimum absolute atomic E-state index is 0.218. The second-order valence-electron chi connectivity index (χ2n) is 7.82. The molecular formula is C17H30N2O. The molecule has 3 unspecified atom stereocenters. The minimum Gasteiger partial charge on any atom is -0.342 e. The van der Waals surface area contributed by atoms with Crippen LogP contribution in [0.4, 0.5) is 0 Å². The Morgan fingerprint density at radius 1 is 1.15 bits per heavy atom. The lowest BCUT2D eigenvalue weighted by atomic mass is 9.80. The SMILES string of the molecule is CC1(C)CCCC1C(=O)N1CCCC(C2CCCN2)C1. The maximum atomic E-state index is 12.9. The Labute approximate surface area is 123 Å². The summed E-state index contributed by atoms with van der Waals surface area (Å²) in [6.07, 6.45) is 8.66. The summed E-state index contributed by atoms with van der Waals surface area (Å²) < 4.78 is 0. The topological polar surface area (TPSA) is 32.3 Å². The van der Waals surface area contributed by atoms with Crippen LogP contribution in [-0.2, 0) is 4.79 Å². The van der Waals surface area contributed by atoms with Gasteiger partial charge in [-0.3, -0.25) is 4.79 Å². The summed E-state index contributed by atoms with van der Waals surface area (Å²) in [5, 5.41) is 3.63. The van der Waals surface area contributed by atoms with E-state index in [1.165, 1.54) is 45.1 Å². The third-order valence-corrected chi connectivity index (χ3v) is 5.99. The molecule has 3 fully saturated rings. The summed E-state index contributed by atoms with van der Waals surface area (Å²) in [5.41, 5.74) is 0.218. The van der Waals surface area contributed by atoms with Crippen LogP contribution in [0.25, 0.3) is 0 Å². The highest BCUT2D eigenvalue weighted by Gasteiger charge is 2.42. The van der Waals surface area contributed by atoms with Crippen molar-refractivity contribution in [2.75, 3.05) is 19.6 Å². The third-order valence-electron chi connectivity index (χ3n) is 5.99. The number of nitrogens with one attached hydrogen (secondary N) is 1. The predicted octanol–water partition coefficient (Wildman–Crippen LogP) is 2.80. The van der Waals surface area contributed by atoms with E-state index in [1.807, 2.05) is 0 Å². The number of rotatable bonds is 2. The molecule has 0 aromatic carbocycles. The van der Waals surface area contributed by atoms with Crippen molar-refractivity contribution in [1.29, 1.82) is 0 Å². The largest absolute Gasteiger partial charge is 0.342 e. The Morgan fingerprint density at radius 3 is 2.65 bits per heavy atom. The van der Waals surface area contributed by atoms with Crippen LogP contribution < -0.4 is 5.32 Å². The first-order valence-electron chi connectivity index (χ1n) is 8.60. The van der Waals surface area contributed by atoms with Gasteiger partial charge in [-0.2, -0.15) is 0 Å². The first kappa shape index (κ1) is 14.4. The van der Waals surface area contributed by atoms with Crippen molar-refractivity contribution >= 4 is 5.91 Å². The maximum absolute atomic E-state index is 12.9. The molecule has 0 spiro atoms. The molecule has 1 aliphatic carbocycles. The van der Waals surface area contributed by atoms with Crippen molar-refractivity contribution in [2.24, 2.45) is 17.3 Å². The van der Waals surface area contributed by atoms with E-state index < -0.39 is 0 Å². The van der Waals surface area contributed by atoms with Gasteiger partial charge in [-0.1, -0.05) is 20.3 Å².